The first-order valence-electron chi connectivity index (χ1n) is 6.18. The smallest absolute Gasteiger partial charge is 0.140 e. The Hall–Kier alpha value is -1.20. The van der Waals surface area contributed by atoms with E-state index in [-0.39, 0.29) is 6.04 Å². The van der Waals surface area contributed by atoms with Crippen LogP contribution in [0.3, 0.4) is 0 Å². The lowest BCUT2D eigenvalue weighted by molar-refractivity contribution is 0.657. The van der Waals surface area contributed by atoms with Gasteiger partial charge >= 0.3 is 0 Å². The zero-order chi connectivity index (χ0) is 13.3. The first-order valence-corrected chi connectivity index (χ1v) is 6.99. The van der Waals surface area contributed by atoms with E-state index in [0.717, 1.165) is 23.6 Å². The van der Waals surface area contributed by atoms with Crippen LogP contribution in [0, 0.1) is 13.8 Å². The lowest BCUT2D eigenvalue weighted by Crippen LogP contribution is -2.26. The van der Waals surface area contributed by atoms with Crippen molar-refractivity contribution >= 4 is 27.4 Å². The number of hydrogen-bond acceptors (Lipinski definition) is 5. The van der Waals surface area contributed by atoms with Crippen molar-refractivity contribution in [3.63, 3.8) is 0 Å². The minimum absolute atomic E-state index is 0.218. The zero-order valence-electron chi connectivity index (χ0n) is 11.4. The molecule has 0 aliphatic heterocycles. The van der Waals surface area contributed by atoms with Crippen LogP contribution in [0.25, 0.3) is 10.2 Å². The third kappa shape index (κ3) is 2.47. The van der Waals surface area contributed by atoms with E-state index in [1.165, 1.54) is 15.8 Å². The van der Waals surface area contributed by atoms with Gasteiger partial charge in [0, 0.05) is 24.5 Å². The lowest BCUT2D eigenvalue weighted by Gasteiger charge is -2.20. The van der Waals surface area contributed by atoms with Crippen LogP contribution in [-0.4, -0.2) is 29.6 Å². The minimum atomic E-state index is 0.218. The van der Waals surface area contributed by atoms with Crippen LogP contribution in [-0.2, 0) is 0 Å². The van der Waals surface area contributed by atoms with Crippen molar-refractivity contribution in [2.75, 3.05) is 18.5 Å². The van der Waals surface area contributed by atoms with Gasteiger partial charge in [-0.05, 0) is 32.8 Å². The van der Waals surface area contributed by atoms with Crippen molar-refractivity contribution in [3.8, 4) is 0 Å². The number of aromatic nitrogens is 2. The molecule has 2 aromatic heterocycles. The van der Waals surface area contributed by atoms with Crippen LogP contribution in [0.4, 0.5) is 5.82 Å². The van der Waals surface area contributed by atoms with Gasteiger partial charge in [-0.2, -0.15) is 0 Å². The fourth-order valence-corrected chi connectivity index (χ4v) is 2.95. The van der Waals surface area contributed by atoms with E-state index in [1.807, 2.05) is 6.92 Å². The molecule has 2 aromatic rings. The number of fused-ring (bicyclic) bond motifs is 1. The number of thiophene rings is 1. The molecule has 0 saturated heterocycles. The van der Waals surface area contributed by atoms with Gasteiger partial charge in [-0.15, -0.1) is 11.3 Å². The summed E-state index contributed by atoms with van der Waals surface area (Å²) < 4.78 is 0. The summed E-state index contributed by atoms with van der Waals surface area (Å²) in [6, 6.07) is 0.218. The molecule has 0 amide bonds. The standard InChI is InChI=1S/C13H20N4S/c1-8(14)5-6-17(4)12-11-9(2)10(3)18-13(11)16-7-15-12/h7-8H,5-6,14H2,1-4H3. The van der Waals surface area contributed by atoms with Crippen LogP contribution in [0.1, 0.15) is 23.8 Å². The molecule has 5 heteroatoms. The third-order valence-corrected chi connectivity index (χ3v) is 4.34. The van der Waals surface area contributed by atoms with Gasteiger partial charge < -0.3 is 10.6 Å². The van der Waals surface area contributed by atoms with Gasteiger partial charge in [0.2, 0.25) is 0 Å². The average molecular weight is 264 g/mol. The van der Waals surface area contributed by atoms with Crippen LogP contribution in [0.2, 0.25) is 0 Å². The van der Waals surface area contributed by atoms with Gasteiger partial charge in [-0.25, -0.2) is 9.97 Å². The van der Waals surface area contributed by atoms with Crippen molar-refractivity contribution in [2.24, 2.45) is 5.73 Å². The molecule has 0 aliphatic carbocycles. The average Bonchev–Trinajstić information content (AvgIpc) is 2.62. The highest BCUT2D eigenvalue weighted by Crippen LogP contribution is 2.33. The Kier molecular flexibility index (Phi) is 3.82. The molecule has 18 heavy (non-hydrogen) atoms. The highest BCUT2D eigenvalue weighted by Gasteiger charge is 2.14. The van der Waals surface area contributed by atoms with Gasteiger partial charge in [0.15, 0.2) is 0 Å². The number of hydrogen-bond donors (Lipinski definition) is 1. The summed E-state index contributed by atoms with van der Waals surface area (Å²) in [6.45, 7) is 7.22. The van der Waals surface area contributed by atoms with Gasteiger partial charge in [0.1, 0.15) is 17.0 Å². The number of rotatable bonds is 4. The maximum absolute atomic E-state index is 5.81. The number of nitrogens with two attached hydrogens (primary N) is 1. The maximum atomic E-state index is 5.81. The molecular weight excluding hydrogens is 244 g/mol. The van der Waals surface area contributed by atoms with Crippen molar-refractivity contribution in [2.45, 2.75) is 33.2 Å². The predicted octanol–water partition coefficient (Wildman–Crippen LogP) is 2.48. The molecule has 1 atom stereocenters. The molecule has 2 heterocycles. The molecule has 1 unspecified atom stereocenters. The second-order valence-corrected chi connectivity index (χ2v) is 6.05. The van der Waals surface area contributed by atoms with E-state index in [1.54, 1.807) is 17.7 Å². The molecule has 0 aliphatic rings. The van der Waals surface area contributed by atoms with Gasteiger partial charge in [-0.3, -0.25) is 0 Å². The van der Waals surface area contributed by atoms with E-state index >= 15 is 0 Å². The van der Waals surface area contributed by atoms with Crippen molar-refractivity contribution in [1.29, 1.82) is 0 Å². The van der Waals surface area contributed by atoms with Crippen molar-refractivity contribution < 1.29 is 0 Å². The van der Waals surface area contributed by atoms with Crippen LogP contribution in [0.5, 0.6) is 0 Å². The van der Waals surface area contributed by atoms with Gasteiger partial charge in [0.05, 0.1) is 5.39 Å². The Morgan fingerprint density at radius 3 is 2.78 bits per heavy atom. The molecule has 0 bridgehead atoms. The summed E-state index contributed by atoms with van der Waals surface area (Å²) in [7, 11) is 2.07. The first kappa shape index (κ1) is 13.2. The zero-order valence-corrected chi connectivity index (χ0v) is 12.2. The van der Waals surface area contributed by atoms with Crippen LogP contribution >= 0.6 is 11.3 Å². The fourth-order valence-electron chi connectivity index (χ4n) is 1.96. The molecule has 4 nitrogen and oxygen atoms in total. The number of aryl methyl sites for hydroxylation is 2. The van der Waals surface area contributed by atoms with E-state index in [0.29, 0.717) is 0 Å². The summed E-state index contributed by atoms with van der Waals surface area (Å²) in [4.78, 5) is 13.4. The molecule has 0 spiro atoms. The molecule has 2 N–H and O–H groups in total. The minimum Gasteiger partial charge on any atom is -0.359 e. The van der Waals surface area contributed by atoms with Crippen LogP contribution in [0.15, 0.2) is 6.33 Å². The normalized spacial score (nSPS) is 12.9. The molecule has 0 fully saturated rings. The van der Waals surface area contributed by atoms with Crippen LogP contribution < -0.4 is 10.6 Å². The monoisotopic (exact) mass is 264 g/mol. The highest BCUT2D eigenvalue weighted by atomic mass is 32.1. The van der Waals surface area contributed by atoms with Crippen molar-refractivity contribution in [1.82, 2.24) is 9.97 Å². The first-order chi connectivity index (χ1) is 8.50. The largest absolute Gasteiger partial charge is 0.359 e. The van der Waals surface area contributed by atoms with E-state index < -0.39 is 0 Å². The highest BCUT2D eigenvalue weighted by molar-refractivity contribution is 7.18. The summed E-state index contributed by atoms with van der Waals surface area (Å²) in [6.07, 6.45) is 2.61. The molecule has 0 saturated carbocycles. The topological polar surface area (TPSA) is 55.0 Å². The van der Waals surface area contributed by atoms with E-state index in [2.05, 4.69) is 35.8 Å². The molecule has 0 aromatic carbocycles. The van der Waals surface area contributed by atoms with Gasteiger partial charge in [0.25, 0.3) is 0 Å². The Morgan fingerprint density at radius 1 is 1.39 bits per heavy atom. The Balaban J connectivity index is 2.38. The number of anilines is 1. The molecule has 98 valence electrons. The second kappa shape index (κ2) is 5.20. The Labute approximate surface area is 112 Å². The second-order valence-electron chi connectivity index (χ2n) is 4.85. The summed E-state index contributed by atoms with van der Waals surface area (Å²) in [5, 5.41) is 1.19. The fraction of sp³-hybridized carbons (Fsp3) is 0.538. The summed E-state index contributed by atoms with van der Waals surface area (Å²) in [5.74, 6) is 1.02. The number of nitrogens with zero attached hydrogens (tertiary/aromatic N) is 3. The molecule has 0 radical (unpaired) electrons. The molecular formula is C13H20N4S. The quantitative estimate of drug-likeness (QED) is 0.921. The summed E-state index contributed by atoms with van der Waals surface area (Å²) >= 11 is 1.73. The van der Waals surface area contributed by atoms with E-state index in [4.69, 9.17) is 5.73 Å². The SMILES string of the molecule is Cc1sc2ncnc(N(C)CCC(C)N)c2c1C. The third-order valence-electron chi connectivity index (χ3n) is 3.23. The Morgan fingerprint density at radius 2 is 2.11 bits per heavy atom. The predicted molar refractivity (Wildman–Crippen MR) is 78.4 cm³/mol. The maximum Gasteiger partial charge on any atom is 0.140 e. The van der Waals surface area contributed by atoms with E-state index in [9.17, 15) is 0 Å². The summed E-state index contributed by atoms with van der Waals surface area (Å²) in [5.41, 5.74) is 7.10. The van der Waals surface area contributed by atoms with Crippen molar-refractivity contribution in [3.05, 3.63) is 16.8 Å². The Bertz CT molecular complexity index is 547. The van der Waals surface area contributed by atoms with Gasteiger partial charge in [-0.1, -0.05) is 0 Å². The lowest BCUT2D eigenvalue weighted by atomic mass is 10.2. The molecule has 2 rings (SSSR count).